The van der Waals surface area contributed by atoms with Gasteiger partial charge in [-0.05, 0) is 0 Å². The molecule has 26 nitrogen and oxygen atoms in total. The minimum absolute atomic E-state index is 0. The SMILES string of the molecule is O.O.O.O.O.O.O.O.O=[N+]([O-])[O][Bi][O][N+](=O)[O-].O=[N+]([O-])[O][Bi][O][N+](=O)[O-].[Bi].[Bi].[O]=[Bi][OH]. The molecule has 0 aromatic heterocycles. The summed E-state index contributed by atoms with van der Waals surface area (Å²) in [6, 6.07) is 0. The zero-order valence-electron chi connectivity index (χ0n) is 13.8. The van der Waals surface area contributed by atoms with E-state index in [0.717, 1.165) is 0 Å². The van der Waals surface area contributed by atoms with E-state index in [1.165, 1.54) is 0 Å². The van der Waals surface area contributed by atoms with E-state index in [-0.39, 0.29) is 96.2 Å². The van der Waals surface area contributed by atoms with E-state index in [0.29, 0.717) is 0 Å². The van der Waals surface area contributed by atoms with Crippen LogP contribution in [0.1, 0.15) is 0 Å². The van der Waals surface area contributed by atoms with Crippen molar-refractivity contribution in [3.8, 4) is 0 Å². The summed E-state index contributed by atoms with van der Waals surface area (Å²) in [7, 11) is 0. The monoisotopic (exact) mass is 1470 g/mol. The molecular formula is H17Bi5N4O22. The van der Waals surface area contributed by atoms with Gasteiger partial charge in [-0.2, -0.15) is 0 Å². The molecule has 17 N–H and O–H groups in total. The standard InChI is InChI=1S/5Bi.4NO3.9H2O.O/c;;;;;4*2-1(3)4;;;;;;;;;;/h;;;;;;;;;9*1H2;/q;;+1;2*+2;4*-1;;;;;;;;;;/p-1. The van der Waals surface area contributed by atoms with Crippen LogP contribution in [0.5, 0.6) is 0 Å². The Kier molecular flexibility index (Phi) is 192. The van der Waals surface area contributed by atoms with Gasteiger partial charge in [-0.1, -0.05) is 0 Å². The van der Waals surface area contributed by atoms with Gasteiger partial charge in [0.25, 0.3) is 0 Å². The summed E-state index contributed by atoms with van der Waals surface area (Å²) in [5.41, 5.74) is 0. The average molecular weight is 1470 g/mol. The van der Waals surface area contributed by atoms with Crippen molar-refractivity contribution in [1.82, 2.24) is 0 Å². The topological polar surface area (TPSA) is 499 Å². The Labute approximate surface area is 243 Å². The zero-order chi connectivity index (χ0) is 17.3. The first-order valence-corrected chi connectivity index (χ1v) is 12.0. The predicted molar refractivity (Wildman–Crippen MR) is 92.9 cm³/mol. The van der Waals surface area contributed by atoms with Crippen LogP contribution in [0.4, 0.5) is 0 Å². The first-order valence-electron chi connectivity index (χ1n) is 3.30. The summed E-state index contributed by atoms with van der Waals surface area (Å²) in [5.74, 6) is 0. The second-order valence-corrected chi connectivity index (χ2v) is 5.78. The Morgan fingerprint density at radius 1 is 0.516 bits per heavy atom. The van der Waals surface area contributed by atoms with Crippen molar-refractivity contribution in [2.75, 3.05) is 0 Å². The molecule has 0 unspecified atom stereocenters. The quantitative estimate of drug-likeness (QED) is 0.134. The fourth-order valence-electron chi connectivity index (χ4n) is 0.139. The van der Waals surface area contributed by atoms with Crippen LogP contribution in [-0.4, -0.2) is 192 Å². The molecule has 0 aromatic rings. The molecule has 0 aliphatic heterocycles. The van der Waals surface area contributed by atoms with Gasteiger partial charge in [0.15, 0.2) is 0 Å². The molecule has 0 fully saturated rings. The molecule has 0 saturated heterocycles. The summed E-state index contributed by atoms with van der Waals surface area (Å²) in [4.78, 5) is 37.2. The second-order valence-electron chi connectivity index (χ2n) is 1.45. The first kappa shape index (κ1) is 85.5. The van der Waals surface area contributed by atoms with Gasteiger partial charge in [0.1, 0.15) is 0 Å². The van der Waals surface area contributed by atoms with Crippen LogP contribution >= 0.6 is 0 Å². The Bertz CT molecular complexity index is 293. The number of hydrogen-bond acceptors (Lipinski definition) is 13. The van der Waals surface area contributed by atoms with Crippen LogP contribution < -0.4 is 0 Å². The van der Waals surface area contributed by atoms with Gasteiger partial charge < -0.3 is 43.8 Å². The molecule has 0 aliphatic carbocycles. The molecule has 0 atom stereocenters. The van der Waals surface area contributed by atoms with Crippen LogP contribution in [0.3, 0.4) is 0 Å². The molecule has 0 aromatic carbocycles. The van der Waals surface area contributed by atoms with E-state index >= 15 is 0 Å². The van der Waals surface area contributed by atoms with Crippen molar-refractivity contribution in [3.05, 3.63) is 40.5 Å². The number of rotatable bonds is 8. The van der Waals surface area contributed by atoms with Gasteiger partial charge in [0, 0.05) is 52.4 Å². The Morgan fingerprint density at radius 3 is 0.677 bits per heavy atom. The summed E-state index contributed by atoms with van der Waals surface area (Å²) in [6.07, 6.45) is 0. The summed E-state index contributed by atoms with van der Waals surface area (Å²) in [5, 5.41) is 32.8. The molecule has 0 bridgehead atoms. The second kappa shape index (κ2) is 69.8. The van der Waals surface area contributed by atoms with Crippen molar-refractivity contribution in [2.45, 2.75) is 0 Å². The van der Waals surface area contributed by atoms with Crippen LogP contribution in [0.25, 0.3) is 0 Å². The van der Waals surface area contributed by atoms with Gasteiger partial charge in [-0.3, -0.25) is 0 Å². The molecule has 0 amide bonds. The Balaban J connectivity index is -0.0000000131. The predicted octanol–water partition coefficient (Wildman–Crippen LogP) is -10.5. The fraction of sp³-hybridized carbons (Fsp3) is 0. The summed E-state index contributed by atoms with van der Waals surface area (Å²) >= 11 is -6.90. The van der Waals surface area contributed by atoms with Gasteiger partial charge >= 0.3 is 150 Å². The fourth-order valence-corrected chi connectivity index (χ4v) is 1.22. The maximum atomic E-state index is 9.31. The third-order valence-corrected chi connectivity index (χ3v) is 3.51. The Hall–Kier alpha value is 0.656. The van der Waals surface area contributed by atoms with E-state index in [9.17, 15) is 40.5 Å². The molecule has 0 saturated carbocycles. The normalized spacial score (nSPS) is 5.06. The van der Waals surface area contributed by atoms with Crippen molar-refractivity contribution in [3.63, 3.8) is 0 Å². The van der Waals surface area contributed by atoms with E-state index in [2.05, 4.69) is 11.7 Å². The third kappa shape index (κ3) is 157. The van der Waals surface area contributed by atoms with E-state index in [1.807, 2.05) is 0 Å². The van der Waals surface area contributed by atoms with E-state index in [4.69, 9.17) is 6.00 Å². The molecule has 0 rings (SSSR count). The minimum atomic E-state index is -2.41. The molecule has 0 heterocycles. The first-order chi connectivity index (χ1) is 9.67. The molecule has 0 aliphatic rings. The Morgan fingerprint density at radius 2 is 0.613 bits per heavy atom. The van der Waals surface area contributed by atoms with E-state index < -0.39 is 92.3 Å². The van der Waals surface area contributed by atoms with Crippen LogP contribution in [0.2, 0.25) is 0 Å². The van der Waals surface area contributed by atoms with Crippen LogP contribution in [0.15, 0.2) is 0 Å². The van der Waals surface area contributed by atoms with Gasteiger partial charge in [-0.15, -0.1) is 0 Å². The molecule has 31 heteroatoms. The molecule has 8 radical (unpaired) electrons. The van der Waals surface area contributed by atoms with Gasteiger partial charge in [0.05, 0.1) is 0 Å². The van der Waals surface area contributed by atoms with Crippen LogP contribution in [0, 0.1) is 40.5 Å². The van der Waals surface area contributed by atoms with Crippen molar-refractivity contribution >= 4 is 124 Å². The summed E-state index contributed by atoms with van der Waals surface area (Å²) in [6.45, 7) is 0. The van der Waals surface area contributed by atoms with Crippen LogP contribution in [-0.2, 0) is 14.5 Å². The molecule has 194 valence electrons. The van der Waals surface area contributed by atoms with Crippen molar-refractivity contribution in [2.24, 2.45) is 0 Å². The van der Waals surface area contributed by atoms with Gasteiger partial charge in [0.2, 0.25) is 0 Å². The maximum absolute atomic E-state index is 9.31. The molecule has 0 spiro atoms. The average Bonchev–Trinajstić information content (AvgIpc) is 2.28. The number of hydrogen-bond donors (Lipinski definition) is 1. The van der Waals surface area contributed by atoms with Crippen molar-refractivity contribution < 1.29 is 81.8 Å². The molecule has 31 heavy (non-hydrogen) atoms. The number of nitrogens with zero attached hydrogens (tertiary/aromatic N) is 4. The zero-order valence-corrected chi connectivity index (χ0v) is 31.2. The van der Waals surface area contributed by atoms with E-state index in [1.54, 1.807) is 0 Å². The van der Waals surface area contributed by atoms with Gasteiger partial charge in [-0.25, -0.2) is 0 Å². The molecular weight excluding hydrogens is 1450 g/mol. The third-order valence-electron chi connectivity index (χ3n) is 0.400. The van der Waals surface area contributed by atoms with Crippen molar-refractivity contribution in [1.29, 1.82) is 0 Å². The summed E-state index contributed by atoms with van der Waals surface area (Å²) < 4.78 is 30.2.